The second kappa shape index (κ2) is 19.2. The van der Waals surface area contributed by atoms with Crippen molar-refractivity contribution in [2.24, 2.45) is 0 Å². The van der Waals surface area contributed by atoms with Gasteiger partial charge in [0.2, 0.25) is 11.8 Å². The van der Waals surface area contributed by atoms with E-state index < -0.39 is 0 Å². The summed E-state index contributed by atoms with van der Waals surface area (Å²) >= 11 is 0. The summed E-state index contributed by atoms with van der Waals surface area (Å²) in [7, 11) is 0. The fraction of sp³-hybridized carbons (Fsp3) is 0.0500. The molecule has 0 saturated carbocycles. The van der Waals surface area contributed by atoms with Gasteiger partial charge < -0.3 is 17.7 Å². The molecule has 6 heteroatoms. The minimum absolute atomic E-state index is 0.775. The van der Waals surface area contributed by atoms with E-state index in [-0.39, 0.29) is 0 Å². The molecule has 0 atom stereocenters. The fourth-order valence-corrected chi connectivity index (χ4v) is 13.6. The number of aryl methyl sites for hydroxylation is 4. The number of para-hydroxylation sites is 4. The van der Waals surface area contributed by atoms with E-state index >= 15 is 0 Å². The van der Waals surface area contributed by atoms with Crippen LogP contribution in [0, 0.1) is 27.7 Å². The molecule has 0 spiro atoms. The largest absolute Gasteiger partial charge is 0.460 e. The van der Waals surface area contributed by atoms with Gasteiger partial charge in [0.15, 0.2) is 0 Å². The minimum atomic E-state index is 0.775. The van der Waals surface area contributed by atoms with Gasteiger partial charge in [0.25, 0.3) is 0 Å². The van der Waals surface area contributed by atoms with Crippen molar-refractivity contribution in [1.82, 2.24) is 0 Å². The summed E-state index contributed by atoms with van der Waals surface area (Å²) in [5.74, 6) is 3.49. The van der Waals surface area contributed by atoms with E-state index in [1.54, 1.807) is 0 Å². The first-order chi connectivity index (χ1) is 42.3. The van der Waals surface area contributed by atoms with Crippen molar-refractivity contribution < 1.29 is 17.7 Å². The van der Waals surface area contributed by atoms with Crippen LogP contribution in [0.25, 0.3) is 131 Å². The van der Waals surface area contributed by atoms with Crippen molar-refractivity contribution in [3.05, 3.63) is 277 Å². The van der Waals surface area contributed by atoms with Gasteiger partial charge in [0, 0.05) is 99.5 Å². The summed E-state index contributed by atoms with van der Waals surface area (Å²) in [6, 6.07) is 90.0. The van der Waals surface area contributed by atoms with Crippen molar-refractivity contribution in [1.29, 1.82) is 0 Å². The molecular formula is C80H54N2O4. The average Bonchev–Trinajstić information content (AvgIpc) is 1.31. The van der Waals surface area contributed by atoms with Gasteiger partial charge in [0.05, 0.1) is 0 Å². The summed E-state index contributed by atoms with van der Waals surface area (Å²) in [5, 5.41) is 18.7. The van der Waals surface area contributed by atoms with Crippen LogP contribution < -0.4 is 9.80 Å². The molecule has 86 heavy (non-hydrogen) atoms. The SMILES string of the molecule is Cc1oc2c(cc3c(-c4ccccc4)cc4c5oc(C)c(C)c5cc5c(-c6ccccc6)cc2c3c54)c1C.c1ccc(N(c2ccccc2)c2cc3cc4ccc5c6oc(N(c7ccccc7)c7ccccc7)cc6cc6ccc(c3o2)c4c65)cc1. The van der Waals surface area contributed by atoms with Crippen LogP contribution >= 0.6 is 0 Å². The Bertz CT molecular complexity index is 5180. The smallest absolute Gasteiger partial charge is 0.205 e. The monoisotopic (exact) mass is 1110 g/mol. The Balaban J connectivity index is 0.000000138. The second-order valence-corrected chi connectivity index (χ2v) is 22.8. The molecule has 18 aromatic rings. The molecule has 6 nitrogen and oxygen atoms in total. The topological polar surface area (TPSA) is 59.0 Å². The maximum absolute atomic E-state index is 6.81. The van der Waals surface area contributed by atoms with E-state index in [0.717, 1.165) is 101 Å². The van der Waals surface area contributed by atoms with Crippen LogP contribution in [0.5, 0.6) is 0 Å². The second-order valence-electron chi connectivity index (χ2n) is 22.8. The van der Waals surface area contributed by atoms with E-state index in [9.17, 15) is 0 Å². The normalized spacial score (nSPS) is 12.0. The summed E-state index contributed by atoms with van der Waals surface area (Å²) < 4.78 is 26.6. The molecule has 0 unspecified atom stereocenters. The molecule has 4 aromatic heterocycles. The van der Waals surface area contributed by atoms with Crippen molar-refractivity contribution in [2.45, 2.75) is 27.7 Å². The zero-order valence-electron chi connectivity index (χ0n) is 47.8. The van der Waals surface area contributed by atoms with Crippen LogP contribution in [0.15, 0.2) is 272 Å². The molecular weight excluding hydrogens is 1050 g/mol. The minimum Gasteiger partial charge on any atom is -0.460 e. The zero-order valence-corrected chi connectivity index (χ0v) is 47.8. The van der Waals surface area contributed by atoms with Gasteiger partial charge in [-0.1, -0.05) is 146 Å². The van der Waals surface area contributed by atoms with E-state index in [0.29, 0.717) is 0 Å². The lowest BCUT2D eigenvalue weighted by Gasteiger charge is -2.22. The Morgan fingerprint density at radius 2 is 0.581 bits per heavy atom. The number of fused-ring (bicyclic) bond motifs is 8. The molecule has 0 amide bonds. The zero-order chi connectivity index (χ0) is 57.3. The number of hydrogen-bond donors (Lipinski definition) is 0. The lowest BCUT2D eigenvalue weighted by molar-refractivity contribution is 0.577. The number of anilines is 6. The lowest BCUT2D eigenvalue weighted by atomic mass is 9.84. The summed E-state index contributed by atoms with van der Waals surface area (Å²) in [4.78, 5) is 4.35. The molecule has 0 aliphatic heterocycles. The van der Waals surface area contributed by atoms with Crippen molar-refractivity contribution in [3.63, 3.8) is 0 Å². The molecule has 0 fully saturated rings. The van der Waals surface area contributed by atoms with E-state index in [1.165, 1.54) is 87.2 Å². The van der Waals surface area contributed by atoms with Crippen LogP contribution in [0.4, 0.5) is 34.5 Å². The molecule has 408 valence electrons. The highest BCUT2D eigenvalue weighted by Gasteiger charge is 2.27. The van der Waals surface area contributed by atoms with Crippen molar-refractivity contribution >= 4 is 143 Å². The van der Waals surface area contributed by atoms with Gasteiger partial charge >= 0.3 is 0 Å². The van der Waals surface area contributed by atoms with E-state index in [2.05, 4.69) is 268 Å². The first-order valence-corrected chi connectivity index (χ1v) is 29.4. The fourth-order valence-electron chi connectivity index (χ4n) is 13.6. The Morgan fingerprint density at radius 1 is 0.244 bits per heavy atom. The third-order valence-electron chi connectivity index (χ3n) is 17.9. The van der Waals surface area contributed by atoms with Gasteiger partial charge in [-0.25, -0.2) is 0 Å². The van der Waals surface area contributed by atoms with Crippen molar-refractivity contribution in [2.75, 3.05) is 9.80 Å². The summed E-state index contributed by atoms with van der Waals surface area (Å²) in [6.45, 7) is 8.46. The molecule has 0 aliphatic carbocycles. The summed E-state index contributed by atoms with van der Waals surface area (Å²) in [6.07, 6.45) is 0. The van der Waals surface area contributed by atoms with Gasteiger partial charge in [-0.15, -0.1) is 0 Å². The molecule has 0 saturated heterocycles. The average molecular weight is 1110 g/mol. The molecule has 0 radical (unpaired) electrons. The van der Waals surface area contributed by atoms with Crippen LogP contribution in [-0.4, -0.2) is 0 Å². The first kappa shape index (κ1) is 49.5. The molecule has 4 heterocycles. The maximum atomic E-state index is 6.81. The van der Waals surface area contributed by atoms with Crippen LogP contribution in [0.1, 0.15) is 22.6 Å². The summed E-state index contributed by atoms with van der Waals surface area (Å²) in [5.41, 5.74) is 15.1. The Hall–Kier alpha value is -11.1. The Morgan fingerprint density at radius 3 is 0.930 bits per heavy atom. The maximum Gasteiger partial charge on any atom is 0.205 e. The molecule has 18 rings (SSSR count). The molecule has 14 aromatic carbocycles. The van der Waals surface area contributed by atoms with E-state index in [1.807, 2.05) is 24.3 Å². The van der Waals surface area contributed by atoms with Gasteiger partial charge in [-0.05, 0) is 180 Å². The van der Waals surface area contributed by atoms with Crippen LogP contribution in [0.2, 0.25) is 0 Å². The number of benzene rings is 14. The molecule has 0 N–H and O–H groups in total. The predicted molar refractivity (Wildman–Crippen MR) is 359 cm³/mol. The highest BCUT2D eigenvalue weighted by atomic mass is 16.4. The number of furan rings is 4. The molecule has 0 aliphatic rings. The third kappa shape index (κ3) is 7.59. The standard InChI is InChI=1S/C44H28N2O2.C36H26O2/c1-5-13-33(14-6-1)45(34-15-7-2-8-16-34)39-27-31-25-29-22-24-38-42-30(21-23-37(41(29)42)43(31)47-39)26-32-28-40(48-44(32)38)46(35-17-9-3-10-18-35)36-19-11-4-12-20-36;1-19-21(3)37-35-25(19)15-29-27(23-11-7-5-8-12-23)18-32-34-30(16-26-20(2)22(4)38-36(26)32)28(17-31(35)33(29)34)24-13-9-6-10-14-24/h1-28H;5-18H,1-4H3. The number of nitrogens with zero attached hydrogens (tertiary/aromatic N) is 2. The van der Waals surface area contributed by atoms with Crippen LogP contribution in [-0.2, 0) is 0 Å². The number of rotatable bonds is 8. The third-order valence-corrected chi connectivity index (χ3v) is 17.9. The highest BCUT2D eigenvalue weighted by Crippen LogP contribution is 2.51. The van der Waals surface area contributed by atoms with Gasteiger partial charge in [-0.3, -0.25) is 9.80 Å². The van der Waals surface area contributed by atoms with Crippen LogP contribution in [0.3, 0.4) is 0 Å². The van der Waals surface area contributed by atoms with Gasteiger partial charge in [-0.2, -0.15) is 0 Å². The first-order valence-electron chi connectivity index (χ1n) is 29.4. The Labute approximate surface area is 495 Å². The lowest BCUT2D eigenvalue weighted by Crippen LogP contribution is -2.08. The number of hydrogen-bond acceptors (Lipinski definition) is 6. The van der Waals surface area contributed by atoms with E-state index in [4.69, 9.17) is 17.7 Å². The van der Waals surface area contributed by atoms with Crippen molar-refractivity contribution in [3.8, 4) is 22.3 Å². The predicted octanol–water partition coefficient (Wildman–Crippen LogP) is 23.7. The van der Waals surface area contributed by atoms with Gasteiger partial charge in [0.1, 0.15) is 33.9 Å². The molecule has 0 bridgehead atoms. The highest BCUT2D eigenvalue weighted by molar-refractivity contribution is 6.37. The quantitative estimate of drug-likeness (QED) is 0.141. The Kier molecular flexibility index (Phi) is 11.1.